The number of halogens is 1. The molecule has 4 N–H and O–H groups in total. The summed E-state index contributed by atoms with van der Waals surface area (Å²) in [7, 11) is 1.74. The molecule has 6 heteroatoms. The van der Waals surface area contributed by atoms with Crippen molar-refractivity contribution in [3.05, 3.63) is 46.8 Å². The Bertz CT molecular complexity index is 657. The van der Waals surface area contributed by atoms with Gasteiger partial charge >= 0.3 is 176 Å². The van der Waals surface area contributed by atoms with Crippen LogP contribution in [0, 0.1) is 11.5 Å². The van der Waals surface area contributed by atoms with Gasteiger partial charge in [0.15, 0.2) is 0 Å². The first-order valence-electron chi connectivity index (χ1n) is 7.85. The fraction of sp³-hybridized carbons (Fsp3) is 0.474. The summed E-state index contributed by atoms with van der Waals surface area (Å²) in [5.74, 6) is 0. The van der Waals surface area contributed by atoms with Crippen LogP contribution in [-0.2, 0) is 0 Å². The van der Waals surface area contributed by atoms with Crippen molar-refractivity contribution in [2.45, 2.75) is 38.7 Å². The molecule has 1 aliphatic heterocycles. The van der Waals surface area contributed by atoms with Gasteiger partial charge in [0.1, 0.15) is 0 Å². The van der Waals surface area contributed by atoms with Crippen LogP contribution in [0.1, 0.15) is 34.6 Å². The van der Waals surface area contributed by atoms with E-state index in [2.05, 4.69) is 47.8 Å². The van der Waals surface area contributed by atoms with Gasteiger partial charge in [0.05, 0.1) is 0 Å². The smallest absolute Gasteiger partial charge is 1.00 e. The van der Waals surface area contributed by atoms with Gasteiger partial charge in [0.2, 0.25) is 0 Å². The first kappa shape index (κ1) is 24.2. The van der Waals surface area contributed by atoms with E-state index in [9.17, 15) is 0 Å². The summed E-state index contributed by atoms with van der Waals surface area (Å²) in [5, 5.41) is 0. The number of allylic oxidation sites excluding steroid dienone is 6. The van der Waals surface area contributed by atoms with Gasteiger partial charge in [0.25, 0.3) is 0 Å². The Morgan fingerprint density at radius 3 is 2.36 bits per heavy atom. The summed E-state index contributed by atoms with van der Waals surface area (Å²) in [5.41, 5.74) is 17.5. The van der Waals surface area contributed by atoms with Crippen LogP contribution in [0.3, 0.4) is 0 Å². The molecule has 0 aromatic heterocycles. The topological polar surface area (TPSA) is 76.8 Å². The van der Waals surface area contributed by atoms with Crippen LogP contribution in [0.5, 0.6) is 0 Å². The number of alkyl halides is 2. The van der Waals surface area contributed by atoms with Crippen molar-refractivity contribution in [1.29, 1.82) is 0 Å². The molecule has 0 fully saturated rings. The van der Waals surface area contributed by atoms with Crippen molar-refractivity contribution in [1.82, 2.24) is 0 Å². The molecule has 1 heterocycles. The minimum Gasteiger partial charge on any atom is 1.00 e. The predicted octanol–water partition coefficient (Wildman–Crippen LogP) is -3.01. The second-order valence-corrected chi connectivity index (χ2v) is 9.24. The average molecular weight is 447 g/mol. The number of hydrogen-bond acceptors (Lipinski definition) is 4. The van der Waals surface area contributed by atoms with Gasteiger partial charge in [-0.2, -0.15) is 0 Å². The molecule has 134 valence electrons. The molecule has 25 heavy (non-hydrogen) atoms. The van der Waals surface area contributed by atoms with E-state index in [1.807, 2.05) is 26.0 Å². The molecule has 0 saturated heterocycles. The van der Waals surface area contributed by atoms with Gasteiger partial charge in [-0.05, 0) is 0 Å². The van der Waals surface area contributed by atoms with Crippen molar-refractivity contribution in [3.8, 4) is 0 Å². The number of hydrogen-bond donors (Lipinski definition) is 2. The normalized spacial score (nSPS) is 20.4. The molecule has 1 atom stereocenters. The van der Waals surface area contributed by atoms with Gasteiger partial charge < -0.3 is 0 Å². The summed E-state index contributed by atoms with van der Waals surface area (Å²) >= 11 is -0.0404. The number of rotatable bonds is 5. The van der Waals surface area contributed by atoms with Crippen LogP contribution in [0.15, 0.2) is 50.8 Å². The Hall–Kier alpha value is -0.773. The van der Waals surface area contributed by atoms with E-state index < -0.39 is 0 Å². The fourth-order valence-corrected chi connectivity index (χ4v) is 4.08. The van der Waals surface area contributed by atoms with Crippen molar-refractivity contribution < 1.29 is 40.1 Å². The molecule has 0 radical (unpaired) electrons. The van der Waals surface area contributed by atoms with Gasteiger partial charge in [-0.3, -0.25) is 0 Å². The summed E-state index contributed by atoms with van der Waals surface area (Å²) < 4.78 is 0.256. The van der Waals surface area contributed by atoms with E-state index in [-0.39, 0.29) is 49.5 Å². The minimum absolute atomic E-state index is 0. The van der Waals surface area contributed by atoms with Gasteiger partial charge in [-0.25, -0.2) is 0 Å². The molecule has 1 aliphatic rings. The number of nitrogens with two attached hydrogens (primary N) is 2. The average Bonchev–Trinajstić information content (AvgIpc) is 2.85. The maximum absolute atomic E-state index is 6.42. The molecule has 4 nitrogen and oxygen atoms in total. The molecule has 0 aliphatic carbocycles. The fourth-order valence-electron chi connectivity index (χ4n) is 2.16. The molecule has 0 spiro atoms. The van der Waals surface area contributed by atoms with E-state index in [0.717, 1.165) is 28.3 Å². The van der Waals surface area contributed by atoms with Crippen LogP contribution in [0.2, 0.25) is 0 Å². The second kappa shape index (κ2) is 10.4. The summed E-state index contributed by atoms with van der Waals surface area (Å²) in [6.07, 6.45) is 9.30. The molecule has 0 saturated carbocycles. The van der Waals surface area contributed by atoms with Crippen molar-refractivity contribution >= 4 is 11.4 Å². The van der Waals surface area contributed by atoms with Crippen LogP contribution in [-0.4, -0.2) is 27.5 Å². The molecule has 1 unspecified atom stereocenters. The van der Waals surface area contributed by atoms with Crippen LogP contribution in [0.4, 0.5) is 0 Å². The third-order valence-electron chi connectivity index (χ3n) is 3.45. The molecule has 1 rings (SSSR count). The van der Waals surface area contributed by atoms with Gasteiger partial charge in [0, 0.05) is 0 Å². The maximum Gasteiger partial charge on any atom is 1.00 e. The van der Waals surface area contributed by atoms with Gasteiger partial charge in [-0.15, -0.1) is 0 Å². The maximum atomic E-state index is 6.42. The largest absolute Gasteiger partial charge is 1.00 e. The zero-order chi connectivity index (χ0) is 18.5. The van der Waals surface area contributed by atoms with Crippen LogP contribution >= 0.6 is 0 Å². The molecule has 0 aromatic rings. The number of nitrogens with zero attached hydrogens (tertiary/aromatic N) is 2. The zero-order valence-corrected chi connectivity index (χ0v) is 18.9. The Balaban J connectivity index is 0.00000576. The van der Waals surface area contributed by atoms with E-state index in [1.165, 1.54) is 0 Å². The Labute approximate surface area is 175 Å². The van der Waals surface area contributed by atoms with E-state index in [4.69, 9.17) is 11.5 Å². The Kier molecular flexibility index (Phi) is 10.1. The second-order valence-electron chi connectivity index (χ2n) is 6.81. The summed E-state index contributed by atoms with van der Waals surface area (Å²) in [6.45, 7) is 10.3. The third kappa shape index (κ3) is 7.55. The van der Waals surface area contributed by atoms with Gasteiger partial charge in [-0.1, -0.05) is 0 Å². The first-order chi connectivity index (χ1) is 11.1. The number of aliphatic imine (C=N–C) groups is 2. The molecule has 0 bridgehead atoms. The van der Waals surface area contributed by atoms with Crippen LogP contribution < -0.4 is 51.5 Å². The molecule has 0 aromatic carbocycles. The standard InChI is InChI=1S/C19H29IN4.Li/c1-12(21)8-15(23-7)10-14(19(3,4)5)11-17(22)16-9-13(2)24-18(16)20-6;/h8-9,11,18H,21-22H2,1-7H3;/q-2;+1/b12-8-,17-11-,23-15?;. The Morgan fingerprint density at radius 2 is 1.92 bits per heavy atom. The van der Waals surface area contributed by atoms with E-state index in [1.54, 1.807) is 7.05 Å². The molecular weight excluding hydrogens is 418 g/mol. The summed E-state index contributed by atoms with van der Waals surface area (Å²) in [4.78, 5) is 11.2. The molecule has 0 amide bonds. The van der Waals surface area contributed by atoms with Crippen molar-refractivity contribution in [2.75, 3.05) is 12.0 Å². The van der Waals surface area contributed by atoms with Crippen LogP contribution in [0.25, 0.3) is 0 Å². The quantitative estimate of drug-likeness (QED) is 0.0897. The monoisotopic (exact) mass is 447 g/mol. The van der Waals surface area contributed by atoms with E-state index in [0.29, 0.717) is 5.70 Å². The third-order valence-corrected chi connectivity index (χ3v) is 5.58. The van der Waals surface area contributed by atoms with Crippen molar-refractivity contribution in [3.63, 3.8) is 0 Å². The van der Waals surface area contributed by atoms with E-state index >= 15 is 0 Å². The predicted molar refractivity (Wildman–Crippen MR) is 101 cm³/mol. The summed E-state index contributed by atoms with van der Waals surface area (Å²) in [6, 6.07) is 0. The zero-order valence-electron chi connectivity index (χ0n) is 16.7. The van der Waals surface area contributed by atoms with Crippen molar-refractivity contribution in [2.24, 2.45) is 26.9 Å². The minimum atomic E-state index is -0.108. The SMILES string of the molecule is CN=C([C-]=C(/C=C(\N)C1=CC(C)=NC1[I-]C)C(C)(C)C)/C=C(/C)N.[Li+]. The molecular formula is C19H29ILiN4-. The first-order valence-corrected chi connectivity index (χ1v) is 11.3. The Morgan fingerprint density at radius 1 is 1.32 bits per heavy atom.